The van der Waals surface area contributed by atoms with E-state index in [1.54, 1.807) is 4.90 Å². The molecule has 5 rings (SSSR count). The number of aryl methyl sites for hydroxylation is 1. The average Bonchev–Trinajstić information content (AvgIpc) is 3.55. The molecule has 0 aromatic heterocycles. The summed E-state index contributed by atoms with van der Waals surface area (Å²) in [6.45, 7) is 5.76. The van der Waals surface area contributed by atoms with Crippen LogP contribution in [0.5, 0.6) is 0 Å². The zero-order valence-electron chi connectivity index (χ0n) is 19.1. The van der Waals surface area contributed by atoms with Gasteiger partial charge in [0.15, 0.2) is 0 Å². The lowest BCUT2D eigenvalue weighted by Gasteiger charge is -2.33. The summed E-state index contributed by atoms with van der Waals surface area (Å²) in [5.41, 5.74) is 1.41. The zero-order valence-corrected chi connectivity index (χ0v) is 19.1. The minimum Gasteiger partial charge on any atom is -0.382 e. The summed E-state index contributed by atoms with van der Waals surface area (Å²) in [6.07, 6.45) is 8.93. The fourth-order valence-electron chi connectivity index (χ4n) is 6.21. The molecule has 2 bridgehead atoms. The molecule has 2 amide bonds. The molecule has 0 unspecified atom stereocenters. The van der Waals surface area contributed by atoms with Crippen molar-refractivity contribution in [2.24, 2.45) is 5.92 Å². The highest BCUT2D eigenvalue weighted by molar-refractivity contribution is 5.97. The Hall–Kier alpha value is -2.18. The first-order valence-corrected chi connectivity index (χ1v) is 12.2. The van der Waals surface area contributed by atoms with Crippen molar-refractivity contribution in [2.45, 2.75) is 75.7 Å². The van der Waals surface area contributed by atoms with Crippen LogP contribution in [-0.2, 0) is 19.1 Å². The normalized spacial score (nSPS) is 33.3. The summed E-state index contributed by atoms with van der Waals surface area (Å²) in [6, 6.07) is 7.95. The maximum absolute atomic E-state index is 13.8. The molecule has 1 aromatic carbocycles. The molecule has 3 heterocycles. The van der Waals surface area contributed by atoms with Gasteiger partial charge in [-0.15, -0.1) is 0 Å². The van der Waals surface area contributed by atoms with Crippen molar-refractivity contribution in [3.05, 3.63) is 47.5 Å². The van der Waals surface area contributed by atoms with Gasteiger partial charge in [0.2, 0.25) is 11.8 Å². The number of benzene rings is 1. The summed E-state index contributed by atoms with van der Waals surface area (Å²) < 4.78 is 12.0. The topological polar surface area (TPSA) is 67.9 Å². The van der Waals surface area contributed by atoms with Gasteiger partial charge in [0, 0.05) is 31.7 Å². The summed E-state index contributed by atoms with van der Waals surface area (Å²) in [4.78, 5) is 29.2. The molecule has 1 saturated carbocycles. The third kappa shape index (κ3) is 3.48. The highest BCUT2D eigenvalue weighted by Crippen LogP contribution is 2.58. The second kappa shape index (κ2) is 8.64. The Labute approximate surface area is 190 Å². The molecule has 2 saturated heterocycles. The van der Waals surface area contributed by atoms with E-state index < -0.39 is 11.6 Å². The van der Waals surface area contributed by atoms with Gasteiger partial charge in [-0.3, -0.25) is 9.59 Å². The Morgan fingerprint density at radius 2 is 2.00 bits per heavy atom. The summed E-state index contributed by atoms with van der Waals surface area (Å²) in [7, 11) is 0. The predicted octanol–water partition coefficient (Wildman–Crippen LogP) is 3.10. The van der Waals surface area contributed by atoms with Gasteiger partial charge in [-0.1, -0.05) is 54.8 Å². The first-order chi connectivity index (χ1) is 15.5. The molecule has 5 atom stereocenters. The number of nitrogens with one attached hydrogen (secondary N) is 1. The Balaban J connectivity index is 1.46. The number of carbonyl (C=O) groups is 2. The molecule has 4 aliphatic rings. The maximum atomic E-state index is 13.8. The molecule has 1 aliphatic carbocycles. The highest BCUT2D eigenvalue weighted by atomic mass is 16.5. The molecule has 0 radical (unpaired) electrons. The monoisotopic (exact) mass is 438 g/mol. The summed E-state index contributed by atoms with van der Waals surface area (Å²) in [5, 5.41) is 3.25. The number of hydrogen-bond acceptors (Lipinski definition) is 4. The standard InChI is InChI=1S/C26H34N2O4/c1-3-31-16-6-15-28-23(24(29)27-19-7-4-5-8-19)26-14-13-20(32-26)21(22(26)25(28)30)18-11-9-17(2)10-12-18/h9-14,19-23H,3-8,15-16H2,1-2H3,(H,27,29)/t20-,21+,22-,23+,26+/m1/s1. The van der Waals surface area contributed by atoms with Crippen molar-refractivity contribution in [3.8, 4) is 0 Å². The van der Waals surface area contributed by atoms with Gasteiger partial charge in [-0.25, -0.2) is 0 Å². The number of amides is 2. The Kier molecular flexibility index (Phi) is 5.84. The van der Waals surface area contributed by atoms with Crippen LogP contribution in [0.4, 0.5) is 0 Å². The predicted molar refractivity (Wildman–Crippen MR) is 121 cm³/mol. The van der Waals surface area contributed by atoms with E-state index in [2.05, 4.69) is 42.6 Å². The van der Waals surface area contributed by atoms with E-state index in [-0.39, 0.29) is 35.8 Å². The smallest absolute Gasteiger partial charge is 0.246 e. The zero-order chi connectivity index (χ0) is 22.3. The second-order valence-corrected chi connectivity index (χ2v) is 9.68. The Morgan fingerprint density at radius 3 is 2.72 bits per heavy atom. The van der Waals surface area contributed by atoms with Crippen molar-refractivity contribution in [3.63, 3.8) is 0 Å². The van der Waals surface area contributed by atoms with Crippen LogP contribution < -0.4 is 5.32 Å². The van der Waals surface area contributed by atoms with E-state index in [0.717, 1.165) is 31.2 Å². The number of ether oxygens (including phenoxy) is 2. The molecule has 3 aliphatic heterocycles. The van der Waals surface area contributed by atoms with Gasteiger partial charge >= 0.3 is 0 Å². The maximum Gasteiger partial charge on any atom is 0.246 e. The molecule has 32 heavy (non-hydrogen) atoms. The molecular weight excluding hydrogens is 404 g/mol. The molecule has 3 fully saturated rings. The van der Waals surface area contributed by atoms with Crippen LogP contribution in [0.1, 0.15) is 56.1 Å². The number of rotatable bonds is 8. The fraction of sp³-hybridized carbons (Fsp3) is 0.615. The number of fused-ring (bicyclic) bond motifs is 1. The first kappa shape index (κ1) is 21.7. The first-order valence-electron chi connectivity index (χ1n) is 12.2. The van der Waals surface area contributed by atoms with Crippen molar-refractivity contribution in [1.29, 1.82) is 0 Å². The summed E-state index contributed by atoms with van der Waals surface area (Å²) in [5.74, 6) is -0.470. The van der Waals surface area contributed by atoms with E-state index in [4.69, 9.17) is 9.47 Å². The molecule has 1 N–H and O–H groups in total. The largest absolute Gasteiger partial charge is 0.382 e. The Bertz CT molecular complexity index is 892. The molecule has 6 nitrogen and oxygen atoms in total. The van der Waals surface area contributed by atoms with Gasteiger partial charge in [0.25, 0.3) is 0 Å². The van der Waals surface area contributed by atoms with Crippen molar-refractivity contribution >= 4 is 11.8 Å². The molecule has 6 heteroatoms. The fourth-order valence-corrected chi connectivity index (χ4v) is 6.21. The van der Waals surface area contributed by atoms with Gasteiger partial charge in [-0.2, -0.15) is 0 Å². The number of hydrogen-bond donors (Lipinski definition) is 1. The highest BCUT2D eigenvalue weighted by Gasteiger charge is 2.71. The van der Waals surface area contributed by atoms with E-state index in [1.165, 1.54) is 5.56 Å². The van der Waals surface area contributed by atoms with Gasteiger partial charge in [0.05, 0.1) is 12.0 Å². The van der Waals surface area contributed by atoms with E-state index in [1.807, 2.05) is 13.0 Å². The quantitative estimate of drug-likeness (QED) is 0.500. The number of nitrogens with zero attached hydrogens (tertiary/aromatic N) is 1. The van der Waals surface area contributed by atoms with Crippen LogP contribution in [0.3, 0.4) is 0 Å². The van der Waals surface area contributed by atoms with Crippen LogP contribution in [0.15, 0.2) is 36.4 Å². The van der Waals surface area contributed by atoms with Crippen LogP contribution in [-0.4, -0.2) is 60.3 Å². The van der Waals surface area contributed by atoms with Crippen LogP contribution >= 0.6 is 0 Å². The van der Waals surface area contributed by atoms with Gasteiger partial charge in [0.1, 0.15) is 11.6 Å². The van der Waals surface area contributed by atoms with Crippen LogP contribution in [0.25, 0.3) is 0 Å². The van der Waals surface area contributed by atoms with E-state index >= 15 is 0 Å². The number of carbonyl (C=O) groups excluding carboxylic acids is 2. The second-order valence-electron chi connectivity index (χ2n) is 9.68. The lowest BCUT2D eigenvalue weighted by molar-refractivity contribution is -0.139. The SMILES string of the molecule is CCOCCCN1C(=O)[C@H]2[C@@H](c3ccc(C)cc3)[C@H]3C=C[C@@]2(O3)[C@@H]1C(=O)NC1CCCC1. The molecule has 1 aromatic rings. The minimum absolute atomic E-state index is 0.0329. The molecule has 1 spiro atoms. The van der Waals surface area contributed by atoms with E-state index in [9.17, 15) is 9.59 Å². The van der Waals surface area contributed by atoms with Crippen LogP contribution in [0, 0.1) is 12.8 Å². The average molecular weight is 439 g/mol. The minimum atomic E-state index is -0.883. The lowest BCUT2D eigenvalue weighted by atomic mass is 9.72. The molecular formula is C26H34N2O4. The third-order valence-corrected chi connectivity index (χ3v) is 7.68. The third-order valence-electron chi connectivity index (χ3n) is 7.68. The van der Waals surface area contributed by atoms with Crippen molar-refractivity contribution in [1.82, 2.24) is 10.2 Å². The summed E-state index contributed by atoms with van der Waals surface area (Å²) >= 11 is 0. The Morgan fingerprint density at radius 1 is 1.25 bits per heavy atom. The van der Waals surface area contributed by atoms with Crippen molar-refractivity contribution < 1.29 is 19.1 Å². The molecule has 172 valence electrons. The van der Waals surface area contributed by atoms with Gasteiger partial charge in [-0.05, 0) is 38.7 Å². The number of likely N-dealkylation sites (tertiary alicyclic amines) is 1. The van der Waals surface area contributed by atoms with Crippen LogP contribution in [0.2, 0.25) is 0 Å². The van der Waals surface area contributed by atoms with Gasteiger partial charge < -0.3 is 19.7 Å². The van der Waals surface area contributed by atoms with Crippen molar-refractivity contribution in [2.75, 3.05) is 19.8 Å². The lowest BCUT2D eigenvalue weighted by Crippen LogP contribution is -2.56. The van der Waals surface area contributed by atoms with E-state index in [0.29, 0.717) is 26.2 Å².